The van der Waals surface area contributed by atoms with Crippen molar-refractivity contribution in [2.24, 2.45) is 0 Å². The summed E-state index contributed by atoms with van der Waals surface area (Å²) in [6.45, 7) is 0. The van der Waals surface area contributed by atoms with Crippen molar-refractivity contribution in [1.29, 1.82) is 5.26 Å². The molecule has 0 bridgehead atoms. The lowest BCUT2D eigenvalue weighted by molar-refractivity contribution is -0.141. The lowest BCUT2D eigenvalue weighted by Gasteiger charge is -2.28. The van der Waals surface area contributed by atoms with Crippen molar-refractivity contribution in [3.63, 3.8) is 0 Å². The van der Waals surface area contributed by atoms with Gasteiger partial charge in [-0.1, -0.05) is 0 Å². The van der Waals surface area contributed by atoms with Crippen molar-refractivity contribution in [2.45, 2.75) is 62.1 Å². The first-order valence-electron chi connectivity index (χ1n) is 11.5. The summed E-state index contributed by atoms with van der Waals surface area (Å²) in [5.41, 5.74) is -1.00. The zero-order valence-corrected chi connectivity index (χ0v) is 19.2. The van der Waals surface area contributed by atoms with Crippen LogP contribution in [0.4, 0.5) is 39.5 Å². The van der Waals surface area contributed by atoms with Crippen LogP contribution >= 0.6 is 0 Å². The van der Waals surface area contributed by atoms with Crippen LogP contribution in [0.2, 0.25) is 0 Å². The highest BCUT2D eigenvalue weighted by Gasteiger charge is 2.46. The van der Waals surface area contributed by atoms with E-state index in [-0.39, 0.29) is 55.1 Å². The van der Waals surface area contributed by atoms with Gasteiger partial charge in [-0.25, -0.2) is 13.8 Å². The van der Waals surface area contributed by atoms with E-state index in [0.717, 1.165) is 6.20 Å². The number of hydrogen-bond acceptors (Lipinski definition) is 9. The van der Waals surface area contributed by atoms with Crippen LogP contribution in [-0.2, 0) is 11.6 Å². The normalized spacial score (nSPS) is 18.6. The highest BCUT2D eigenvalue weighted by atomic mass is 19.4. The van der Waals surface area contributed by atoms with Gasteiger partial charge in [0.1, 0.15) is 5.69 Å². The number of alkyl halides is 5. The maximum absolute atomic E-state index is 13.6. The summed E-state index contributed by atoms with van der Waals surface area (Å²) >= 11 is 0. The van der Waals surface area contributed by atoms with E-state index in [0.29, 0.717) is 30.4 Å². The fourth-order valence-electron chi connectivity index (χ4n) is 4.04. The maximum Gasteiger partial charge on any atom is 0.434 e. The van der Waals surface area contributed by atoms with Gasteiger partial charge < -0.3 is 10.6 Å². The minimum atomic E-state index is -4.72. The Morgan fingerprint density at radius 1 is 0.973 bits per heavy atom. The van der Waals surface area contributed by atoms with Crippen LogP contribution in [0.5, 0.6) is 0 Å². The summed E-state index contributed by atoms with van der Waals surface area (Å²) < 4.78 is 66.8. The Morgan fingerprint density at radius 3 is 2.38 bits per heavy atom. The highest BCUT2D eigenvalue weighted by molar-refractivity contribution is 5.59. The van der Waals surface area contributed by atoms with Crippen LogP contribution in [0.1, 0.15) is 49.9 Å². The van der Waals surface area contributed by atoms with E-state index in [1.165, 1.54) is 6.20 Å². The Hall–Kier alpha value is -4.02. The highest BCUT2D eigenvalue weighted by Crippen LogP contribution is 2.47. The molecular formula is C23H20F5N9. The van der Waals surface area contributed by atoms with E-state index in [9.17, 15) is 27.2 Å². The van der Waals surface area contributed by atoms with Crippen molar-refractivity contribution in [3.8, 4) is 17.6 Å². The largest absolute Gasteiger partial charge is 0.434 e. The Kier molecular flexibility index (Phi) is 6.09. The Morgan fingerprint density at radius 2 is 1.70 bits per heavy atom. The number of nitrogens with zero attached hydrogens (tertiary/aromatic N) is 7. The van der Waals surface area contributed by atoms with E-state index in [2.05, 4.69) is 46.6 Å². The Balaban J connectivity index is 1.47. The number of nitriles is 1. The fraction of sp³-hybridized carbons (Fsp3) is 0.435. The molecule has 0 unspecified atom stereocenters. The number of anilines is 3. The second kappa shape index (κ2) is 9.13. The summed E-state index contributed by atoms with van der Waals surface area (Å²) in [6.07, 6.45) is -0.388. The molecule has 192 valence electrons. The predicted molar refractivity (Wildman–Crippen MR) is 121 cm³/mol. The molecule has 9 nitrogen and oxygen atoms in total. The molecule has 0 saturated heterocycles. The molecule has 0 amide bonds. The van der Waals surface area contributed by atoms with E-state index in [4.69, 9.17) is 0 Å². The van der Waals surface area contributed by atoms with Gasteiger partial charge in [-0.15, -0.1) is 0 Å². The first-order chi connectivity index (χ1) is 17.6. The molecule has 2 fully saturated rings. The summed E-state index contributed by atoms with van der Waals surface area (Å²) in [4.78, 5) is 24.2. The van der Waals surface area contributed by atoms with Gasteiger partial charge in [-0.3, -0.25) is 9.97 Å². The molecule has 0 spiro atoms. The topological polar surface area (TPSA) is 125 Å². The van der Waals surface area contributed by atoms with Gasteiger partial charge >= 0.3 is 6.18 Å². The number of nitrogens with one attached hydrogen (secondary N) is 2. The van der Waals surface area contributed by atoms with Crippen LogP contribution < -0.4 is 10.6 Å². The monoisotopic (exact) mass is 517 g/mol. The van der Waals surface area contributed by atoms with Crippen molar-refractivity contribution >= 4 is 17.6 Å². The van der Waals surface area contributed by atoms with E-state index in [1.807, 2.05) is 0 Å². The number of rotatable bonds is 6. The Labute approximate surface area is 207 Å². The number of aromatic nitrogens is 6. The molecule has 2 N–H and O–H groups in total. The standard InChI is InChI=1S/C23H20F5N9/c24-22(25)4-1-13(2-5-22)32-19-35-18(15-10-30-11-17(34-15)23(26,27)28)36-20(37-19)33-14-3-8-31-16(9-14)21(12-29)6-7-21/h3,8-11,13H,1-2,4-7H2,(H2,31,32,33,35,36,37). The molecule has 2 aliphatic carbocycles. The molecule has 3 aromatic rings. The SMILES string of the molecule is N#CC1(c2cc(Nc3nc(NC4CCC(F)(F)CC4)nc(-c4cncc(C(F)(F)F)n4)n3)ccn2)CC1. The summed E-state index contributed by atoms with van der Waals surface area (Å²) in [7, 11) is 0. The maximum atomic E-state index is 13.6. The zero-order chi connectivity index (χ0) is 26.3. The van der Waals surface area contributed by atoms with Crippen molar-refractivity contribution in [3.05, 3.63) is 42.1 Å². The first-order valence-corrected chi connectivity index (χ1v) is 11.5. The van der Waals surface area contributed by atoms with Gasteiger partial charge in [-0.05, 0) is 37.8 Å². The summed E-state index contributed by atoms with van der Waals surface area (Å²) in [5, 5.41) is 15.4. The van der Waals surface area contributed by atoms with Gasteiger partial charge in [0.05, 0.1) is 29.6 Å². The van der Waals surface area contributed by atoms with E-state index in [1.54, 1.807) is 12.1 Å². The van der Waals surface area contributed by atoms with Crippen LogP contribution in [0.15, 0.2) is 30.7 Å². The quantitative estimate of drug-likeness (QED) is 0.433. The Bertz CT molecular complexity index is 1340. The average molecular weight is 517 g/mol. The smallest absolute Gasteiger partial charge is 0.351 e. The molecule has 14 heteroatoms. The van der Waals surface area contributed by atoms with Gasteiger partial charge in [0.2, 0.25) is 17.8 Å². The van der Waals surface area contributed by atoms with Gasteiger partial charge in [0.25, 0.3) is 0 Å². The lowest BCUT2D eigenvalue weighted by atomic mass is 9.92. The molecule has 0 aliphatic heterocycles. The van der Waals surface area contributed by atoms with Crippen LogP contribution in [0, 0.1) is 11.3 Å². The molecule has 3 aromatic heterocycles. The van der Waals surface area contributed by atoms with Crippen LogP contribution in [0.25, 0.3) is 11.5 Å². The third kappa shape index (κ3) is 5.55. The molecule has 37 heavy (non-hydrogen) atoms. The second-order valence-corrected chi connectivity index (χ2v) is 9.12. The van der Waals surface area contributed by atoms with E-state index >= 15 is 0 Å². The molecule has 0 aromatic carbocycles. The molecule has 2 aliphatic rings. The zero-order valence-electron chi connectivity index (χ0n) is 19.2. The number of hydrogen-bond donors (Lipinski definition) is 2. The lowest BCUT2D eigenvalue weighted by Crippen LogP contribution is -2.32. The van der Waals surface area contributed by atoms with Crippen LogP contribution in [0.3, 0.4) is 0 Å². The predicted octanol–water partition coefficient (Wildman–Crippen LogP) is 5.03. The number of pyridine rings is 1. The van der Waals surface area contributed by atoms with Gasteiger partial charge in [0.15, 0.2) is 11.5 Å². The van der Waals surface area contributed by atoms with E-state index < -0.39 is 23.2 Å². The molecular weight excluding hydrogens is 497 g/mol. The van der Waals surface area contributed by atoms with Gasteiger partial charge in [-0.2, -0.15) is 33.4 Å². The number of halogens is 5. The van der Waals surface area contributed by atoms with Crippen molar-refractivity contribution in [1.82, 2.24) is 29.9 Å². The summed E-state index contributed by atoms with van der Waals surface area (Å²) in [5.74, 6) is -2.95. The molecule has 5 rings (SSSR count). The van der Waals surface area contributed by atoms with Crippen LogP contribution in [-0.4, -0.2) is 41.9 Å². The third-order valence-corrected chi connectivity index (χ3v) is 6.31. The van der Waals surface area contributed by atoms with Crippen molar-refractivity contribution in [2.75, 3.05) is 10.6 Å². The minimum absolute atomic E-state index is 0.00750. The first kappa shape index (κ1) is 24.7. The third-order valence-electron chi connectivity index (χ3n) is 6.31. The molecule has 0 atom stereocenters. The second-order valence-electron chi connectivity index (χ2n) is 9.12. The molecule has 3 heterocycles. The average Bonchev–Trinajstić information content (AvgIpc) is 3.67. The van der Waals surface area contributed by atoms with Gasteiger partial charge in [0, 0.05) is 30.8 Å². The molecule has 0 radical (unpaired) electrons. The minimum Gasteiger partial charge on any atom is -0.351 e. The molecule has 2 saturated carbocycles. The summed E-state index contributed by atoms with van der Waals surface area (Å²) in [6, 6.07) is 5.22. The van der Waals surface area contributed by atoms with Crippen molar-refractivity contribution < 1.29 is 22.0 Å². The fourth-order valence-corrected chi connectivity index (χ4v) is 4.04.